The highest BCUT2D eigenvalue weighted by Gasteiger charge is 2.20. The lowest BCUT2D eigenvalue weighted by atomic mass is 10.3. The molecule has 5 heteroatoms. The molecule has 1 aliphatic carbocycles. The van der Waals surface area contributed by atoms with Crippen molar-refractivity contribution in [1.82, 2.24) is 25.4 Å². The highest BCUT2D eigenvalue weighted by atomic mass is 15.3. The number of nitrogens with one attached hydrogen (secondary N) is 2. The Morgan fingerprint density at radius 2 is 2.19 bits per heavy atom. The Kier molecular flexibility index (Phi) is 3.90. The fraction of sp³-hybridized carbons (Fsp3) is 0.818. The van der Waals surface area contributed by atoms with Crippen LogP contribution in [-0.2, 0) is 0 Å². The molecule has 2 rings (SSSR count). The Labute approximate surface area is 96.6 Å². The van der Waals surface area contributed by atoms with Crippen LogP contribution in [0.5, 0.6) is 0 Å². The number of rotatable bonds is 7. The molecular formula is C11H21N5. The fourth-order valence-corrected chi connectivity index (χ4v) is 1.61. The first kappa shape index (κ1) is 11.5. The molecule has 5 nitrogen and oxygen atoms in total. The quantitative estimate of drug-likeness (QED) is 0.709. The Bertz CT molecular complexity index is 293. The average molecular weight is 223 g/mol. The van der Waals surface area contributed by atoms with E-state index in [-0.39, 0.29) is 0 Å². The Hall–Kier alpha value is -0.940. The summed E-state index contributed by atoms with van der Waals surface area (Å²) < 4.78 is 1.88. The number of hydrogen-bond acceptors (Lipinski definition) is 4. The summed E-state index contributed by atoms with van der Waals surface area (Å²) in [6.45, 7) is 6.33. The van der Waals surface area contributed by atoms with E-state index in [4.69, 9.17) is 0 Å². The summed E-state index contributed by atoms with van der Waals surface area (Å²) in [5.41, 5.74) is 0. The van der Waals surface area contributed by atoms with Crippen LogP contribution in [-0.4, -0.2) is 39.9 Å². The summed E-state index contributed by atoms with van der Waals surface area (Å²) in [6.07, 6.45) is 6.04. The van der Waals surface area contributed by atoms with Gasteiger partial charge in [-0.1, -0.05) is 0 Å². The number of nitrogens with zero attached hydrogens (tertiary/aromatic N) is 3. The normalized spacial score (nSPS) is 19.6. The largest absolute Gasteiger partial charge is 0.312 e. The van der Waals surface area contributed by atoms with Crippen molar-refractivity contribution in [2.75, 3.05) is 13.1 Å². The minimum atomic E-state index is 0.353. The van der Waals surface area contributed by atoms with Gasteiger partial charge in [-0.05, 0) is 26.7 Å². The van der Waals surface area contributed by atoms with Gasteiger partial charge in [-0.15, -0.1) is 0 Å². The van der Waals surface area contributed by atoms with Gasteiger partial charge in [-0.2, -0.15) is 5.10 Å². The lowest BCUT2D eigenvalue weighted by Gasteiger charge is -2.18. The lowest BCUT2D eigenvalue weighted by Crippen LogP contribution is -2.39. The zero-order valence-electron chi connectivity index (χ0n) is 10.1. The van der Waals surface area contributed by atoms with E-state index in [0.29, 0.717) is 12.1 Å². The third kappa shape index (κ3) is 3.57. The third-order valence-corrected chi connectivity index (χ3v) is 2.94. The van der Waals surface area contributed by atoms with Crippen molar-refractivity contribution in [1.29, 1.82) is 0 Å². The highest BCUT2D eigenvalue weighted by Crippen LogP contribution is 2.18. The van der Waals surface area contributed by atoms with Gasteiger partial charge in [0.05, 0.1) is 6.04 Å². The summed E-state index contributed by atoms with van der Waals surface area (Å²) >= 11 is 0. The standard InChI is InChI=1S/C11H21N5/c1-9(5-14-11-3-4-11)13-6-10(2)16-8-12-7-15-16/h7-11,13-14H,3-6H2,1-2H3. The van der Waals surface area contributed by atoms with E-state index in [1.165, 1.54) is 12.8 Å². The second-order valence-electron chi connectivity index (χ2n) is 4.72. The van der Waals surface area contributed by atoms with Crippen LogP contribution in [0.25, 0.3) is 0 Å². The molecule has 16 heavy (non-hydrogen) atoms. The van der Waals surface area contributed by atoms with Gasteiger partial charge in [0, 0.05) is 25.2 Å². The van der Waals surface area contributed by atoms with E-state index < -0.39 is 0 Å². The maximum atomic E-state index is 4.13. The molecule has 0 bridgehead atoms. The first-order valence-electron chi connectivity index (χ1n) is 6.06. The van der Waals surface area contributed by atoms with Gasteiger partial charge in [0.2, 0.25) is 0 Å². The molecule has 1 aliphatic rings. The highest BCUT2D eigenvalue weighted by molar-refractivity contribution is 4.82. The summed E-state index contributed by atoms with van der Waals surface area (Å²) in [5.74, 6) is 0. The van der Waals surface area contributed by atoms with E-state index in [1.807, 2.05) is 4.68 Å². The topological polar surface area (TPSA) is 54.8 Å². The molecule has 2 N–H and O–H groups in total. The second-order valence-corrected chi connectivity index (χ2v) is 4.72. The summed E-state index contributed by atoms with van der Waals surface area (Å²) in [5, 5.41) is 11.1. The minimum absolute atomic E-state index is 0.353. The third-order valence-electron chi connectivity index (χ3n) is 2.94. The molecule has 1 heterocycles. The van der Waals surface area contributed by atoms with E-state index in [9.17, 15) is 0 Å². The molecule has 1 saturated carbocycles. The molecule has 0 saturated heterocycles. The lowest BCUT2D eigenvalue weighted by molar-refractivity contribution is 0.412. The smallest absolute Gasteiger partial charge is 0.137 e. The van der Waals surface area contributed by atoms with Crippen molar-refractivity contribution in [3.05, 3.63) is 12.7 Å². The van der Waals surface area contributed by atoms with Gasteiger partial charge in [-0.3, -0.25) is 0 Å². The molecule has 2 atom stereocenters. The molecule has 1 aromatic heterocycles. The predicted octanol–water partition coefficient (Wildman–Crippen LogP) is 0.569. The molecule has 0 radical (unpaired) electrons. The first-order chi connectivity index (χ1) is 7.75. The summed E-state index contributed by atoms with van der Waals surface area (Å²) in [4.78, 5) is 3.95. The SMILES string of the molecule is CC(CNC1CC1)NCC(C)n1cncn1. The zero-order valence-corrected chi connectivity index (χ0v) is 10.1. The van der Waals surface area contributed by atoms with E-state index in [1.54, 1.807) is 12.7 Å². The monoisotopic (exact) mass is 223 g/mol. The van der Waals surface area contributed by atoms with Crippen molar-refractivity contribution >= 4 is 0 Å². The van der Waals surface area contributed by atoms with Crippen LogP contribution in [0.2, 0.25) is 0 Å². The molecule has 0 aliphatic heterocycles. The second kappa shape index (κ2) is 5.41. The average Bonchev–Trinajstić information content (AvgIpc) is 2.95. The predicted molar refractivity (Wildman–Crippen MR) is 63.2 cm³/mol. The van der Waals surface area contributed by atoms with Crippen molar-refractivity contribution in [3.8, 4) is 0 Å². The molecule has 0 amide bonds. The molecule has 2 unspecified atom stereocenters. The summed E-state index contributed by atoms with van der Waals surface area (Å²) in [6, 6.07) is 1.65. The zero-order chi connectivity index (χ0) is 11.4. The van der Waals surface area contributed by atoms with Crippen molar-refractivity contribution in [2.24, 2.45) is 0 Å². The van der Waals surface area contributed by atoms with Crippen molar-refractivity contribution in [3.63, 3.8) is 0 Å². The van der Waals surface area contributed by atoms with Crippen LogP contribution in [0.15, 0.2) is 12.7 Å². The maximum absolute atomic E-state index is 4.13. The Morgan fingerprint density at radius 3 is 2.81 bits per heavy atom. The Balaban J connectivity index is 1.61. The van der Waals surface area contributed by atoms with Gasteiger partial charge in [0.1, 0.15) is 12.7 Å². The maximum Gasteiger partial charge on any atom is 0.137 e. The van der Waals surface area contributed by atoms with Crippen LogP contribution in [0.3, 0.4) is 0 Å². The molecule has 1 aromatic rings. The number of aromatic nitrogens is 3. The van der Waals surface area contributed by atoms with Crippen LogP contribution in [0, 0.1) is 0 Å². The van der Waals surface area contributed by atoms with Crippen LogP contribution in [0.4, 0.5) is 0 Å². The number of hydrogen-bond donors (Lipinski definition) is 2. The summed E-state index contributed by atoms with van der Waals surface area (Å²) in [7, 11) is 0. The van der Waals surface area contributed by atoms with Crippen LogP contribution >= 0.6 is 0 Å². The van der Waals surface area contributed by atoms with Crippen LogP contribution < -0.4 is 10.6 Å². The van der Waals surface area contributed by atoms with Gasteiger partial charge >= 0.3 is 0 Å². The van der Waals surface area contributed by atoms with Crippen LogP contribution in [0.1, 0.15) is 32.7 Å². The molecule has 0 spiro atoms. The molecule has 0 aromatic carbocycles. The first-order valence-corrected chi connectivity index (χ1v) is 6.06. The molecule has 90 valence electrons. The van der Waals surface area contributed by atoms with E-state index in [2.05, 4.69) is 34.6 Å². The minimum Gasteiger partial charge on any atom is -0.312 e. The van der Waals surface area contributed by atoms with Crippen molar-refractivity contribution < 1.29 is 0 Å². The molecular weight excluding hydrogens is 202 g/mol. The van der Waals surface area contributed by atoms with E-state index in [0.717, 1.165) is 19.1 Å². The fourth-order valence-electron chi connectivity index (χ4n) is 1.61. The Morgan fingerprint density at radius 1 is 1.38 bits per heavy atom. The van der Waals surface area contributed by atoms with Gasteiger partial charge < -0.3 is 10.6 Å². The van der Waals surface area contributed by atoms with E-state index >= 15 is 0 Å². The van der Waals surface area contributed by atoms with Gasteiger partial charge in [0.15, 0.2) is 0 Å². The van der Waals surface area contributed by atoms with Crippen molar-refractivity contribution in [2.45, 2.75) is 44.8 Å². The molecule has 1 fully saturated rings. The van der Waals surface area contributed by atoms with Gasteiger partial charge in [0.25, 0.3) is 0 Å². The van der Waals surface area contributed by atoms with Gasteiger partial charge in [-0.25, -0.2) is 9.67 Å².